The van der Waals surface area contributed by atoms with Gasteiger partial charge in [-0.25, -0.2) is 0 Å². The van der Waals surface area contributed by atoms with Crippen LogP contribution >= 0.6 is 0 Å². The second-order valence-corrected chi connectivity index (χ2v) is 7.21. The first kappa shape index (κ1) is 21.6. The highest BCUT2D eigenvalue weighted by Gasteiger charge is 2.21. The topological polar surface area (TPSA) is 94.3 Å². The fraction of sp³-hybridized carbons (Fsp3) is 0.600. The summed E-state index contributed by atoms with van der Waals surface area (Å²) in [5, 5.41) is 14.4. The van der Waals surface area contributed by atoms with E-state index in [-0.39, 0.29) is 11.6 Å². The van der Waals surface area contributed by atoms with E-state index in [1.807, 2.05) is 6.07 Å². The second kappa shape index (κ2) is 10.5. The molecule has 26 heavy (non-hydrogen) atoms. The van der Waals surface area contributed by atoms with Crippen LogP contribution in [0, 0.1) is 17.2 Å². The van der Waals surface area contributed by atoms with Crippen LogP contribution in [0.15, 0.2) is 28.5 Å². The molecule has 0 heterocycles. The summed E-state index contributed by atoms with van der Waals surface area (Å²) in [5.41, 5.74) is -0.472. The molecule has 6 nitrogen and oxygen atoms in total. The zero-order valence-electron chi connectivity index (χ0n) is 16.1. The molecule has 1 fully saturated rings. The molecule has 0 bridgehead atoms. The summed E-state index contributed by atoms with van der Waals surface area (Å²) >= 11 is 0. The van der Waals surface area contributed by atoms with E-state index in [0.717, 1.165) is 6.42 Å². The maximum absolute atomic E-state index is 12.2. The number of hydrogen-bond donors (Lipinski definition) is 2. The van der Waals surface area contributed by atoms with E-state index in [2.05, 4.69) is 22.3 Å². The summed E-state index contributed by atoms with van der Waals surface area (Å²) in [5.74, 6) is 0.0620. The van der Waals surface area contributed by atoms with Crippen LogP contribution in [0.25, 0.3) is 0 Å². The van der Waals surface area contributed by atoms with Crippen molar-refractivity contribution >= 4 is 18.5 Å². The van der Waals surface area contributed by atoms with Crippen molar-refractivity contribution in [2.45, 2.75) is 71.3 Å². The maximum Gasteiger partial charge on any atom is 0.271 e. The number of carbonyl (C=O) groups is 2. The summed E-state index contributed by atoms with van der Waals surface area (Å²) in [6, 6.07) is 1.99. The summed E-state index contributed by atoms with van der Waals surface area (Å²) in [4.78, 5) is 28.1. The van der Waals surface area contributed by atoms with E-state index in [1.165, 1.54) is 38.2 Å². The molecular formula is C20H30N4O2. The number of amides is 2. The number of nitriles is 1. The van der Waals surface area contributed by atoms with Gasteiger partial charge in [-0.2, -0.15) is 5.26 Å². The fourth-order valence-corrected chi connectivity index (χ4v) is 2.93. The maximum atomic E-state index is 12.2. The van der Waals surface area contributed by atoms with Gasteiger partial charge < -0.3 is 10.6 Å². The lowest BCUT2D eigenvalue weighted by molar-refractivity contribution is -0.121. The van der Waals surface area contributed by atoms with Crippen LogP contribution in [-0.4, -0.2) is 24.1 Å². The van der Waals surface area contributed by atoms with Gasteiger partial charge in [0.2, 0.25) is 5.91 Å². The van der Waals surface area contributed by atoms with Crippen LogP contribution in [0.5, 0.6) is 0 Å². The SMILES string of the molecule is C=N/C(=C\C(=C/C)NC(=O)CCC1CCCCC1)C(=O)NC(C)(C)C#N. The molecule has 2 N–H and O–H groups in total. The van der Waals surface area contributed by atoms with Crippen molar-refractivity contribution < 1.29 is 9.59 Å². The molecule has 0 saturated heterocycles. The molecule has 0 unspecified atom stereocenters. The third-order valence-corrected chi connectivity index (χ3v) is 4.50. The van der Waals surface area contributed by atoms with Crippen molar-refractivity contribution in [3.63, 3.8) is 0 Å². The first-order valence-corrected chi connectivity index (χ1v) is 9.19. The lowest BCUT2D eigenvalue weighted by Crippen LogP contribution is -2.42. The predicted molar refractivity (Wildman–Crippen MR) is 103 cm³/mol. The number of rotatable bonds is 8. The average molecular weight is 358 g/mol. The van der Waals surface area contributed by atoms with Gasteiger partial charge in [-0.3, -0.25) is 14.6 Å². The molecule has 142 valence electrons. The molecule has 0 aromatic rings. The molecule has 0 aliphatic heterocycles. The van der Waals surface area contributed by atoms with Crippen molar-refractivity contribution in [2.24, 2.45) is 10.9 Å². The van der Waals surface area contributed by atoms with Gasteiger partial charge in [0.05, 0.1) is 6.07 Å². The largest absolute Gasteiger partial charge is 0.333 e. The first-order valence-electron chi connectivity index (χ1n) is 9.19. The summed E-state index contributed by atoms with van der Waals surface area (Å²) in [6.07, 6.45) is 10.8. The van der Waals surface area contributed by atoms with Crippen molar-refractivity contribution in [1.29, 1.82) is 5.26 Å². The Bertz CT molecular complexity index is 620. The highest BCUT2D eigenvalue weighted by molar-refractivity contribution is 5.95. The molecule has 0 aromatic carbocycles. The van der Waals surface area contributed by atoms with E-state index in [0.29, 0.717) is 18.0 Å². The minimum Gasteiger partial charge on any atom is -0.333 e. The van der Waals surface area contributed by atoms with Gasteiger partial charge in [-0.1, -0.05) is 38.2 Å². The van der Waals surface area contributed by atoms with Crippen LogP contribution in [-0.2, 0) is 9.59 Å². The van der Waals surface area contributed by atoms with E-state index < -0.39 is 11.4 Å². The third-order valence-electron chi connectivity index (χ3n) is 4.50. The van der Waals surface area contributed by atoms with Crippen molar-refractivity contribution in [3.8, 4) is 6.07 Å². The Hall–Kier alpha value is -2.42. The Labute approximate surface area is 156 Å². The van der Waals surface area contributed by atoms with Gasteiger partial charge in [-0.05, 0) is 45.9 Å². The lowest BCUT2D eigenvalue weighted by Gasteiger charge is -2.21. The third kappa shape index (κ3) is 7.64. The number of allylic oxidation sites excluding steroid dienone is 2. The van der Waals surface area contributed by atoms with Crippen LogP contribution in [0.4, 0.5) is 0 Å². The highest BCUT2D eigenvalue weighted by Crippen LogP contribution is 2.27. The van der Waals surface area contributed by atoms with Crippen molar-refractivity contribution in [1.82, 2.24) is 10.6 Å². The van der Waals surface area contributed by atoms with Crippen LogP contribution in [0.1, 0.15) is 65.7 Å². The number of aliphatic imine (C=N–C) groups is 1. The van der Waals surface area contributed by atoms with Gasteiger partial charge in [0.15, 0.2) is 0 Å². The minimum absolute atomic E-state index is 0.0500. The van der Waals surface area contributed by atoms with E-state index in [4.69, 9.17) is 5.26 Å². The Morgan fingerprint density at radius 1 is 1.31 bits per heavy atom. The van der Waals surface area contributed by atoms with Crippen LogP contribution in [0.3, 0.4) is 0 Å². The summed E-state index contributed by atoms with van der Waals surface area (Å²) in [6.45, 7) is 8.35. The molecule has 0 atom stereocenters. The molecule has 0 spiro atoms. The van der Waals surface area contributed by atoms with Crippen LogP contribution < -0.4 is 10.6 Å². The molecule has 0 aromatic heterocycles. The summed E-state index contributed by atoms with van der Waals surface area (Å²) in [7, 11) is 0. The van der Waals surface area contributed by atoms with Gasteiger partial charge >= 0.3 is 0 Å². The zero-order valence-corrected chi connectivity index (χ0v) is 16.1. The van der Waals surface area contributed by atoms with Crippen LogP contribution in [0.2, 0.25) is 0 Å². The summed E-state index contributed by atoms with van der Waals surface area (Å²) < 4.78 is 0. The standard InChI is InChI=1S/C20H30N4O2/c1-5-16(13-17(22-4)19(26)24-20(2,3)14-21)23-18(25)12-11-15-9-7-6-8-10-15/h5,13,15H,4,6-12H2,1-3H3,(H,23,25)(H,24,26)/b16-5+,17-13-. The number of hydrogen-bond acceptors (Lipinski definition) is 4. The smallest absolute Gasteiger partial charge is 0.271 e. The predicted octanol–water partition coefficient (Wildman–Crippen LogP) is 3.37. The average Bonchev–Trinajstić information content (AvgIpc) is 2.63. The molecule has 1 aliphatic carbocycles. The normalized spacial score (nSPS) is 16.5. The van der Waals surface area contributed by atoms with E-state index in [1.54, 1.807) is 26.8 Å². The monoisotopic (exact) mass is 358 g/mol. The second-order valence-electron chi connectivity index (χ2n) is 7.21. The minimum atomic E-state index is -1.01. The Balaban J connectivity index is 2.63. The van der Waals surface area contributed by atoms with Gasteiger partial charge in [0.1, 0.15) is 11.2 Å². The van der Waals surface area contributed by atoms with E-state index >= 15 is 0 Å². The van der Waals surface area contributed by atoms with Gasteiger partial charge in [-0.15, -0.1) is 0 Å². The Morgan fingerprint density at radius 3 is 2.50 bits per heavy atom. The Kier molecular flexibility index (Phi) is 8.77. The van der Waals surface area contributed by atoms with E-state index in [9.17, 15) is 9.59 Å². The number of carbonyl (C=O) groups excluding carboxylic acids is 2. The molecule has 0 radical (unpaired) electrons. The first-order chi connectivity index (χ1) is 12.3. The molecule has 1 saturated carbocycles. The number of nitrogens with one attached hydrogen (secondary N) is 2. The number of nitrogens with zero attached hydrogens (tertiary/aromatic N) is 2. The molecule has 1 rings (SSSR count). The van der Waals surface area contributed by atoms with Gasteiger partial charge in [0, 0.05) is 12.1 Å². The fourth-order valence-electron chi connectivity index (χ4n) is 2.93. The zero-order chi connectivity index (χ0) is 19.6. The molecule has 2 amide bonds. The molecule has 6 heteroatoms. The highest BCUT2D eigenvalue weighted by atomic mass is 16.2. The quantitative estimate of drug-likeness (QED) is 0.396. The van der Waals surface area contributed by atoms with Gasteiger partial charge in [0.25, 0.3) is 5.91 Å². The lowest BCUT2D eigenvalue weighted by atomic mass is 9.86. The van der Waals surface area contributed by atoms with Crippen molar-refractivity contribution in [2.75, 3.05) is 0 Å². The molecule has 1 aliphatic rings. The molecular weight excluding hydrogens is 328 g/mol. The Morgan fingerprint density at radius 2 is 1.96 bits per heavy atom. The van der Waals surface area contributed by atoms with Crippen molar-refractivity contribution in [3.05, 3.63) is 23.5 Å².